The van der Waals surface area contributed by atoms with E-state index in [9.17, 15) is 0 Å². The summed E-state index contributed by atoms with van der Waals surface area (Å²) in [5.41, 5.74) is 2.71. The van der Waals surface area contributed by atoms with Gasteiger partial charge in [-0.05, 0) is 22.9 Å². The molecule has 0 heterocycles. The SMILES string of the molecule is CC(C)c1cc(N(C)C)c2ccccc2c1. The fourth-order valence-corrected chi connectivity index (χ4v) is 2.02. The largest absolute Gasteiger partial charge is 0.377 e. The number of anilines is 1. The molecular weight excluding hydrogens is 194 g/mol. The van der Waals surface area contributed by atoms with E-state index in [0.29, 0.717) is 5.92 Å². The fraction of sp³-hybridized carbons (Fsp3) is 0.333. The highest BCUT2D eigenvalue weighted by molar-refractivity contribution is 5.94. The van der Waals surface area contributed by atoms with E-state index in [2.05, 4.69) is 69.2 Å². The summed E-state index contributed by atoms with van der Waals surface area (Å²) in [6, 6.07) is 13.2. The zero-order valence-corrected chi connectivity index (χ0v) is 10.5. The first-order valence-corrected chi connectivity index (χ1v) is 5.79. The zero-order chi connectivity index (χ0) is 11.7. The van der Waals surface area contributed by atoms with Gasteiger partial charge in [0.15, 0.2) is 0 Å². The third-order valence-electron chi connectivity index (χ3n) is 3.01. The Morgan fingerprint density at radius 3 is 2.31 bits per heavy atom. The van der Waals surface area contributed by atoms with E-state index >= 15 is 0 Å². The number of benzene rings is 2. The van der Waals surface area contributed by atoms with Crippen molar-refractivity contribution in [2.24, 2.45) is 0 Å². The number of rotatable bonds is 2. The molecule has 16 heavy (non-hydrogen) atoms. The van der Waals surface area contributed by atoms with E-state index in [1.807, 2.05) is 0 Å². The molecule has 2 aromatic carbocycles. The summed E-state index contributed by atoms with van der Waals surface area (Å²) in [5.74, 6) is 0.573. The van der Waals surface area contributed by atoms with Gasteiger partial charge in [0.05, 0.1) is 0 Å². The molecule has 0 unspecified atom stereocenters. The zero-order valence-electron chi connectivity index (χ0n) is 10.5. The summed E-state index contributed by atoms with van der Waals surface area (Å²) < 4.78 is 0. The monoisotopic (exact) mass is 213 g/mol. The number of hydrogen-bond donors (Lipinski definition) is 0. The van der Waals surface area contributed by atoms with Crippen LogP contribution in [0.2, 0.25) is 0 Å². The van der Waals surface area contributed by atoms with Gasteiger partial charge in [-0.25, -0.2) is 0 Å². The van der Waals surface area contributed by atoms with Gasteiger partial charge in [0, 0.05) is 25.2 Å². The van der Waals surface area contributed by atoms with Gasteiger partial charge in [-0.2, -0.15) is 0 Å². The van der Waals surface area contributed by atoms with Crippen LogP contribution in [0, 0.1) is 0 Å². The summed E-state index contributed by atoms with van der Waals surface area (Å²) >= 11 is 0. The Morgan fingerprint density at radius 1 is 1.00 bits per heavy atom. The molecule has 0 amide bonds. The minimum absolute atomic E-state index is 0.573. The Kier molecular flexibility index (Phi) is 2.86. The molecule has 0 atom stereocenters. The summed E-state index contributed by atoms with van der Waals surface area (Å²) in [4.78, 5) is 2.19. The lowest BCUT2D eigenvalue weighted by atomic mass is 9.97. The average Bonchev–Trinajstić information content (AvgIpc) is 2.27. The Balaban J connectivity index is 2.74. The van der Waals surface area contributed by atoms with Gasteiger partial charge in [0.25, 0.3) is 0 Å². The van der Waals surface area contributed by atoms with E-state index in [1.54, 1.807) is 0 Å². The van der Waals surface area contributed by atoms with E-state index in [1.165, 1.54) is 22.0 Å². The molecule has 2 rings (SSSR count). The molecule has 0 aliphatic carbocycles. The topological polar surface area (TPSA) is 3.24 Å². The minimum atomic E-state index is 0.573. The first kappa shape index (κ1) is 11.0. The lowest BCUT2D eigenvalue weighted by Crippen LogP contribution is -2.09. The molecule has 2 aromatic rings. The molecule has 0 aromatic heterocycles. The van der Waals surface area contributed by atoms with Crippen molar-refractivity contribution in [1.29, 1.82) is 0 Å². The average molecular weight is 213 g/mol. The Labute approximate surface area is 97.7 Å². The van der Waals surface area contributed by atoms with Gasteiger partial charge in [0.2, 0.25) is 0 Å². The Bertz CT molecular complexity index is 498. The second kappa shape index (κ2) is 4.17. The summed E-state index contributed by atoms with van der Waals surface area (Å²) in [5, 5.41) is 2.66. The molecule has 0 spiro atoms. The van der Waals surface area contributed by atoms with Crippen LogP contribution in [-0.4, -0.2) is 14.1 Å². The lowest BCUT2D eigenvalue weighted by molar-refractivity contribution is 0.867. The van der Waals surface area contributed by atoms with Gasteiger partial charge < -0.3 is 4.90 Å². The van der Waals surface area contributed by atoms with Crippen molar-refractivity contribution in [3.05, 3.63) is 42.0 Å². The summed E-state index contributed by atoms with van der Waals surface area (Å²) in [6.07, 6.45) is 0. The highest BCUT2D eigenvalue weighted by atomic mass is 15.1. The fourth-order valence-electron chi connectivity index (χ4n) is 2.02. The maximum absolute atomic E-state index is 2.30. The molecule has 0 saturated carbocycles. The quantitative estimate of drug-likeness (QED) is 0.728. The van der Waals surface area contributed by atoms with Crippen molar-refractivity contribution in [3.8, 4) is 0 Å². The van der Waals surface area contributed by atoms with Crippen LogP contribution >= 0.6 is 0 Å². The van der Waals surface area contributed by atoms with Crippen molar-refractivity contribution in [3.63, 3.8) is 0 Å². The molecule has 1 nitrogen and oxygen atoms in total. The minimum Gasteiger partial charge on any atom is -0.377 e. The van der Waals surface area contributed by atoms with E-state index in [0.717, 1.165) is 0 Å². The Hall–Kier alpha value is -1.50. The number of hydrogen-bond acceptors (Lipinski definition) is 1. The van der Waals surface area contributed by atoms with Crippen LogP contribution in [-0.2, 0) is 0 Å². The van der Waals surface area contributed by atoms with E-state index < -0.39 is 0 Å². The van der Waals surface area contributed by atoms with Crippen LogP contribution in [0.1, 0.15) is 25.3 Å². The van der Waals surface area contributed by atoms with Gasteiger partial charge in [-0.1, -0.05) is 44.2 Å². The van der Waals surface area contributed by atoms with Crippen molar-refractivity contribution < 1.29 is 0 Å². The van der Waals surface area contributed by atoms with Gasteiger partial charge in [-0.15, -0.1) is 0 Å². The van der Waals surface area contributed by atoms with Crippen LogP contribution in [0.4, 0.5) is 5.69 Å². The first-order valence-electron chi connectivity index (χ1n) is 5.79. The number of fused-ring (bicyclic) bond motifs is 1. The lowest BCUT2D eigenvalue weighted by Gasteiger charge is -2.18. The van der Waals surface area contributed by atoms with Crippen LogP contribution in [0.15, 0.2) is 36.4 Å². The molecule has 0 aliphatic rings. The van der Waals surface area contributed by atoms with Gasteiger partial charge in [-0.3, -0.25) is 0 Å². The number of nitrogens with zero attached hydrogens (tertiary/aromatic N) is 1. The van der Waals surface area contributed by atoms with Crippen LogP contribution < -0.4 is 4.90 Å². The van der Waals surface area contributed by atoms with Crippen molar-refractivity contribution in [1.82, 2.24) is 0 Å². The smallest absolute Gasteiger partial charge is 0.0443 e. The Morgan fingerprint density at radius 2 is 1.69 bits per heavy atom. The molecule has 0 saturated heterocycles. The van der Waals surface area contributed by atoms with E-state index in [4.69, 9.17) is 0 Å². The van der Waals surface area contributed by atoms with Crippen LogP contribution in [0.25, 0.3) is 10.8 Å². The second-order valence-electron chi connectivity index (χ2n) is 4.81. The van der Waals surface area contributed by atoms with Crippen molar-refractivity contribution >= 4 is 16.5 Å². The third-order valence-corrected chi connectivity index (χ3v) is 3.01. The molecule has 0 bridgehead atoms. The van der Waals surface area contributed by atoms with Crippen molar-refractivity contribution in [2.75, 3.05) is 19.0 Å². The van der Waals surface area contributed by atoms with Gasteiger partial charge >= 0.3 is 0 Å². The summed E-state index contributed by atoms with van der Waals surface area (Å²) in [6.45, 7) is 4.48. The highest BCUT2D eigenvalue weighted by Crippen LogP contribution is 2.30. The molecule has 0 fully saturated rings. The first-order chi connectivity index (χ1) is 7.59. The second-order valence-corrected chi connectivity index (χ2v) is 4.81. The normalized spacial score (nSPS) is 11.1. The van der Waals surface area contributed by atoms with Gasteiger partial charge in [0.1, 0.15) is 0 Å². The maximum Gasteiger partial charge on any atom is 0.0443 e. The molecular formula is C15H19N. The molecule has 0 radical (unpaired) electrons. The molecule has 84 valence electrons. The highest BCUT2D eigenvalue weighted by Gasteiger charge is 2.07. The van der Waals surface area contributed by atoms with E-state index in [-0.39, 0.29) is 0 Å². The standard InChI is InChI=1S/C15H19N/c1-11(2)13-9-12-7-5-6-8-14(12)15(10-13)16(3)4/h5-11H,1-4H3. The third kappa shape index (κ3) is 1.90. The van der Waals surface area contributed by atoms with Crippen molar-refractivity contribution in [2.45, 2.75) is 19.8 Å². The predicted octanol–water partition coefficient (Wildman–Crippen LogP) is 4.03. The summed E-state index contributed by atoms with van der Waals surface area (Å²) in [7, 11) is 4.21. The molecule has 0 aliphatic heterocycles. The van der Waals surface area contributed by atoms with Crippen LogP contribution in [0.5, 0.6) is 0 Å². The molecule has 1 heteroatoms. The molecule has 0 N–H and O–H groups in total. The van der Waals surface area contributed by atoms with Crippen LogP contribution in [0.3, 0.4) is 0 Å². The predicted molar refractivity (Wildman–Crippen MR) is 72.4 cm³/mol. The maximum atomic E-state index is 2.30.